The number of halogens is 1. The van der Waals surface area contributed by atoms with Gasteiger partial charge >= 0.3 is 0 Å². The zero-order valence-corrected chi connectivity index (χ0v) is 10.2. The fourth-order valence-electron chi connectivity index (χ4n) is 2.19. The summed E-state index contributed by atoms with van der Waals surface area (Å²) >= 11 is 0. The zero-order valence-electron chi connectivity index (χ0n) is 10.2. The van der Waals surface area contributed by atoms with Gasteiger partial charge in [-0.1, -0.05) is 0 Å². The van der Waals surface area contributed by atoms with Crippen LogP contribution in [0.1, 0.15) is 23.3 Å². The van der Waals surface area contributed by atoms with Crippen molar-refractivity contribution in [1.82, 2.24) is 9.88 Å². The van der Waals surface area contributed by atoms with E-state index in [9.17, 15) is 9.18 Å². The largest absolute Gasteiger partial charge is 0.396 e. The highest BCUT2D eigenvalue weighted by atomic mass is 19.1. The number of carbonyl (C=O) groups is 1. The van der Waals surface area contributed by atoms with Crippen LogP contribution in [0.4, 0.5) is 4.39 Å². The summed E-state index contributed by atoms with van der Waals surface area (Å²) in [7, 11) is 0. The van der Waals surface area contributed by atoms with E-state index in [2.05, 4.69) is 9.88 Å². The second-order valence-corrected chi connectivity index (χ2v) is 4.67. The molecule has 0 saturated carbocycles. The van der Waals surface area contributed by atoms with Gasteiger partial charge in [-0.3, -0.25) is 9.78 Å². The van der Waals surface area contributed by atoms with Crippen molar-refractivity contribution in [2.24, 2.45) is 5.92 Å². The number of pyridine rings is 1. The number of hydrogen-bond donors (Lipinski definition) is 1. The first-order valence-corrected chi connectivity index (χ1v) is 6.17. The lowest BCUT2D eigenvalue weighted by atomic mass is 10.1. The molecule has 0 spiro atoms. The first-order valence-electron chi connectivity index (χ1n) is 6.17. The van der Waals surface area contributed by atoms with Crippen LogP contribution in [-0.4, -0.2) is 47.0 Å². The average molecular weight is 252 g/mol. The monoisotopic (exact) mass is 252 g/mol. The molecule has 5 heteroatoms. The number of nitrogens with zero attached hydrogens (tertiary/aromatic N) is 2. The minimum atomic E-state index is -0.433. The zero-order chi connectivity index (χ0) is 13.0. The van der Waals surface area contributed by atoms with Gasteiger partial charge < -0.3 is 10.0 Å². The Morgan fingerprint density at radius 3 is 3.00 bits per heavy atom. The Morgan fingerprint density at radius 1 is 1.56 bits per heavy atom. The quantitative estimate of drug-likeness (QED) is 0.798. The summed E-state index contributed by atoms with van der Waals surface area (Å²) in [6.45, 7) is 2.66. The van der Waals surface area contributed by atoms with E-state index in [4.69, 9.17) is 5.11 Å². The summed E-state index contributed by atoms with van der Waals surface area (Å²) in [5, 5.41) is 9.03. The SMILES string of the molecule is O=C(CCN1CCC(CO)C1)c1ccc(F)cn1. The Hall–Kier alpha value is -1.33. The van der Waals surface area contributed by atoms with Gasteiger partial charge in [-0.05, 0) is 31.0 Å². The number of Topliss-reactive ketones (excluding diaryl/α,β-unsaturated/α-hetero) is 1. The smallest absolute Gasteiger partial charge is 0.182 e. The van der Waals surface area contributed by atoms with Gasteiger partial charge in [0.2, 0.25) is 0 Å². The first kappa shape index (κ1) is 13.1. The Kier molecular flexibility index (Phi) is 4.38. The molecule has 1 saturated heterocycles. The van der Waals surface area contributed by atoms with Crippen molar-refractivity contribution in [3.8, 4) is 0 Å². The van der Waals surface area contributed by atoms with Crippen LogP contribution in [0.25, 0.3) is 0 Å². The number of aromatic nitrogens is 1. The van der Waals surface area contributed by atoms with Crippen molar-refractivity contribution in [3.63, 3.8) is 0 Å². The van der Waals surface area contributed by atoms with Crippen molar-refractivity contribution in [2.75, 3.05) is 26.2 Å². The summed E-state index contributed by atoms with van der Waals surface area (Å²) in [5.74, 6) is -0.164. The molecule has 4 nitrogen and oxygen atoms in total. The summed E-state index contributed by atoms with van der Waals surface area (Å²) in [6.07, 6.45) is 2.43. The van der Waals surface area contributed by atoms with Crippen LogP contribution in [0.2, 0.25) is 0 Å². The Morgan fingerprint density at radius 2 is 2.39 bits per heavy atom. The van der Waals surface area contributed by atoms with Gasteiger partial charge in [-0.2, -0.15) is 0 Å². The van der Waals surface area contributed by atoms with E-state index in [0.717, 1.165) is 25.7 Å². The predicted molar refractivity (Wildman–Crippen MR) is 64.8 cm³/mol. The Labute approximate surface area is 105 Å². The van der Waals surface area contributed by atoms with Crippen molar-refractivity contribution in [1.29, 1.82) is 0 Å². The summed E-state index contributed by atoms with van der Waals surface area (Å²) in [5.41, 5.74) is 0.314. The second-order valence-electron chi connectivity index (χ2n) is 4.67. The standard InChI is InChI=1S/C13H17FN2O2/c14-11-1-2-12(15-7-11)13(18)4-6-16-5-3-10(8-16)9-17/h1-2,7,10,17H,3-6,8-9H2. The molecular formula is C13H17FN2O2. The summed E-state index contributed by atoms with van der Waals surface area (Å²) < 4.78 is 12.7. The van der Waals surface area contributed by atoms with Crippen LogP contribution in [0, 0.1) is 11.7 Å². The molecule has 0 amide bonds. The van der Waals surface area contributed by atoms with E-state index in [1.165, 1.54) is 12.1 Å². The van der Waals surface area contributed by atoms with Gasteiger partial charge in [-0.25, -0.2) is 4.39 Å². The molecule has 1 aliphatic rings. The number of hydrogen-bond acceptors (Lipinski definition) is 4. The van der Waals surface area contributed by atoms with Gasteiger partial charge in [0.1, 0.15) is 11.5 Å². The molecule has 0 aromatic carbocycles. The van der Waals surface area contributed by atoms with E-state index in [0.29, 0.717) is 24.6 Å². The summed E-state index contributed by atoms with van der Waals surface area (Å²) in [4.78, 5) is 17.7. The number of aliphatic hydroxyl groups excluding tert-OH is 1. The predicted octanol–water partition coefficient (Wildman–Crippen LogP) is 1.11. The molecule has 98 valence electrons. The minimum Gasteiger partial charge on any atom is -0.396 e. The third-order valence-electron chi connectivity index (χ3n) is 3.30. The van der Waals surface area contributed by atoms with Crippen molar-refractivity contribution < 1.29 is 14.3 Å². The first-order chi connectivity index (χ1) is 8.69. The fraction of sp³-hybridized carbons (Fsp3) is 0.538. The molecule has 1 aromatic heterocycles. The lowest BCUT2D eigenvalue weighted by Crippen LogP contribution is -2.24. The van der Waals surface area contributed by atoms with Gasteiger partial charge in [0.15, 0.2) is 5.78 Å². The van der Waals surface area contributed by atoms with E-state index in [-0.39, 0.29) is 12.4 Å². The lowest BCUT2D eigenvalue weighted by molar-refractivity contribution is 0.0962. The molecule has 1 N–H and O–H groups in total. The number of ketones is 1. The molecule has 0 bridgehead atoms. The maximum atomic E-state index is 12.7. The topological polar surface area (TPSA) is 53.4 Å². The van der Waals surface area contributed by atoms with Crippen molar-refractivity contribution >= 4 is 5.78 Å². The molecule has 2 heterocycles. The van der Waals surface area contributed by atoms with Crippen molar-refractivity contribution in [3.05, 3.63) is 29.8 Å². The third kappa shape index (κ3) is 3.34. The van der Waals surface area contributed by atoms with E-state index < -0.39 is 5.82 Å². The van der Waals surface area contributed by atoms with E-state index in [1.54, 1.807) is 0 Å². The van der Waals surface area contributed by atoms with Gasteiger partial charge in [0, 0.05) is 26.1 Å². The van der Waals surface area contributed by atoms with Crippen LogP contribution in [-0.2, 0) is 0 Å². The molecular weight excluding hydrogens is 235 g/mol. The second kappa shape index (κ2) is 6.02. The fourth-order valence-corrected chi connectivity index (χ4v) is 2.19. The minimum absolute atomic E-state index is 0.0672. The van der Waals surface area contributed by atoms with E-state index >= 15 is 0 Å². The number of likely N-dealkylation sites (tertiary alicyclic amines) is 1. The molecule has 1 aromatic rings. The third-order valence-corrected chi connectivity index (χ3v) is 3.30. The molecule has 1 atom stereocenters. The van der Waals surface area contributed by atoms with Crippen LogP contribution >= 0.6 is 0 Å². The highest BCUT2D eigenvalue weighted by molar-refractivity contribution is 5.94. The van der Waals surface area contributed by atoms with Crippen molar-refractivity contribution in [2.45, 2.75) is 12.8 Å². The maximum Gasteiger partial charge on any atom is 0.182 e. The molecule has 18 heavy (non-hydrogen) atoms. The highest BCUT2D eigenvalue weighted by Gasteiger charge is 2.22. The molecule has 0 radical (unpaired) electrons. The number of rotatable bonds is 5. The Bertz CT molecular complexity index is 408. The molecule has 0 aliphatic carbocycles. The highest BCUT2D eigenvalue weighted by Crippen LogP contribution is 2.15. The van der Waals surface area contributed by atoms with Crippen LogP contribution in [0.15, 0.2) is 18.3 Å². The van der Waals surface area contributed by atoms with Crippen LogP contribution in [0.5, 0.6) is 0 Å². The van der Waals surface area contributed by atoms with Gasteiger partial charge in [0.05, 0.1) is 6.20 Å². The number of aliphatic hydroxyl groups is 1. The van der Waals surface area contributed by atoms with Crippen LogP contribution < -0.4 is 0 Å². The molecule has 1 fully saturated rings. The molecule has 2 rings (SSSR count). The maximum absolute atomic E-state index is 12.7. The van der Waals surface area contributed by atoms with E-state index in [1.807, 2.05) is 0 Å². The summed E-state index contributed by atoms with van der Waals surface area (Å²) in [6, 6.07) is 2.66. The molecule has 1 unspecified atom stereocenters. The van der Waals surface area contributed by atoms with Crippen LogP contribution in [0.3, 0.4) is 0 Å². The molecule has 1 aliphatic heterocycles. The lowest BCUT2D eigenvalue weighted by Gasteiger charge is -2.14. The Balaban J connectivity index is 1.80. The normalized spacial score (nSPS) is 20.2. The number of carbonyl (C=O) groups excluding carboxylic acids is 1. The van der Waals surface area contributed by atoms with Gasteiger partial charge in [0.25, 0.3) is 0 Å². The van der Waals surface area contributed by atoms with Gasteiger partial charge in [-0.15, -0.1) is 0 Å². The average Bonchev–Trinajstić information content (AvgIpc) is 2.85.